The van der Waals surface area contributed by atoms with Crippen LogP contribution < -0.4 is 4.83 Å². The van der Waals surface area contributed by atoms with Crippen molar-refractivity contribution in [2.75, 3.05) is 0 Å². The molecule has 0 aliphatic rings. The second kappa shape index (κ2) is 7.06. The van der Waals surface area contributed by atoms with Gasteiger partial charge in [0, 0.05) is 5.56 Å². The number of halogens is 4. The van der Waals surface area contributed by atoms with Crippen LogP contribution in [0.3, 0.4) is 0 Å². The molecule has 2 aromatic carbocycles. The Bertz CT molecular complexity index is 818. The third-order valence-electron chi connectivity index (χ3n) is 2.57. The van der Waals surface area contributed by atoms with Gasteiger partial charge in [-0.1, -0.05) is 52.5 Å². The van der Waals surface area contributed by atoms with Crippen molar-refractivity contribution in [1.29, 1.82) is 0 Å². The first kappa shape index (κ1) is 17.4. The molecular formula is C13H8Cl4N2O2S. The molecule has 0 atom stereocenters. The third-order valence-corrected chi connectivity index (χ3v) is 5.19. The van der Waals surface area contributed by atoms with Crippen LogP contribution in [-0.2, 0) is 10.0 Å². The molecule has 0 aliphatic heterocycles. The van der Waals surface area contributed by atoms with Crippen molar-refractivity contribution >= 4 is 62.6 Å². The predicted molar refractivity (Wildman–Crippen MR) is 90.8 cm³/mol. The van der Waals surface area contributed by atoms with E-state index in [1.54, 1.807) is 18.2 Å². The Morgan fingerprint density at radius 1 is 0.909 bits per heavy atom. The minimum atomic E-state index is -3.87. The molecule has 0 amide bonds. The summed E-state index contributed by atoms with van der Waals surface area (Å²) in [6, 6.07) is 8.82. The molecule has 2 aromatic rings. The highest BCUT2D eigenvalue weighted by atomic mass is 35.5. The van der Waals surface area contributed by atoms with Gasteiger partial charge in [-0.05, 0) is 30.3 Å². The number of hydrazone groups is 1. The quantitative estimate of drug-likeness (QED) is 0.604. The van der Waals surface area contributed by atoms with Crippen LogP contribution in [0.4, 0.5) is 0 Å². The van der Waals surface area contributed by atoms with Gasteiger partial charge in [0.15, 0.2) is 0 Å². The lowest BCUT2D eigenvalue weighted by Gasteiger charge is -2.05. The van der Waals surface area contributed by atoms with Crippen LogP contribution in [0.15, 0.2) is 46.4 Å². The van der Waals surface area contributed by atoms with E-state index in [4.69, 9.17) is 46.4 Å². The van der Waals surface area contributed by atoms with E-state index in [9.17, 15) is 8.42 Å². The van der Waals surface area contributed by atoms with Crippen LogP contribution in [0, 0.1) is 0 Å². The summed E-state index contributed by atoms with van der Waals surface area (Å²) in [5.41, 5.74) is 0.405. The van der Waals surface area contributed by atoms with Gasteiger partial charge in [0.05, 0.1) is 31.2 Å². The fraction of sp³-hybridized carbons (Fsp3) is 0. The number of nitrogens with zero attached hydrogens (tertiary/aromatic N) is 1. The zero-order chi connectivity index (χ0) is 16.3. The lowest BCUT2D eigenvalue weighted by molar-refractivity contribution is 0.584. The van der Waals surface area contributed by atoms with Gasteiger partial charge in [-0.15, -0.1) is 0 Å². The van der Waals surface area contributed by atoms with Crippen LogP contribution in [0.1, 0.15) is 5.56 Å². The lowest BCUT2D eigenvalue weighted by atomic mass is 10.2. The number of nitrogens with one attached hydrogen (secondary N) is 1. The molecule has 22 heavy (non-hydrogen) atoms. The van der Waals surface area contributed by atoms with Gasteiger partial charge in [-0.3, -0.25) is 0 Å². The van der Waals surface area contributed by atoms with E-state index in [1.165, 1.54) is 24.4 Å². The molecule has 9 heteroatoms. The summed E-state index contributed by atoms with van der Waals surface area (Å²) in [6.45, 7) is 0. The van der Waals surface area contributed by atoms with Gasteiger partial charge in [0.1, 0.15) is 0 Å². The first-order valence-electron chi connectivity index (χ1n) is 5.75. The molecule has 0 aromatic heterocycles. The second-order valence-electron chi connectivity index (χ2n) is 4.06. The Hall–Kier alpha value is -0.980. The molecule has 0 aliphatic carbocycles. The van der Waals surface area contributed by atoms with Gasteiger partial charge < -0.3 is 0 Å². The summed E-state index contributed by atoms with van der Waals surface area (Å²) in [5.74, 6) is 0. The minimum absolute atomic E-state index is 0.0655. The molecule has 0 saturated carbocycles. The van der Waals surface area contributed by atoms with E-state index >= 15 is 0 Å². The number of benzene rings is 2. The van der Waals surface area contributed by atoms with Gasteiger partial charge in [0.2, 0.25) is 0 Å². The van der Waals surface area contributed by atoms with E-state index < -0.39 is 10.0 Å². The van der Waals surface area contributed by atoms with Crippen LogP contribution >= 0.6 is 46.4 Å². The van der Waals surface area contributed by atoms with Crippen molar-refractivity contribution in [3.05, 3.63) is 62.1 Å². The summed E-state index contributed by atoms with van der Waals surface area (Å²) in [5, 5.41) is 4.74. The second-order valence-corrected chi connectivity index (χ2v) is 7.35. The molecule has 0 heterocycles. The summed E-state index contributed by atoms with van der Waals surface area (Å²) in [7, 11) is -3.87. The molecule has 4 nitrogen and oxygen atoms in total. The van der Waals surface area contributed by atoms with Crippen molar-refractivity contribution in [2.45, 2.75) is 4.90 Å². The standard InChI is InChI=1S/C13H8Cl4N2O2S/c14-10-2-1-3-11(15)9(10)7-18-19-22(20,21)8-4-5-12(16)13(17)6-8/h1-7,19H. The molecule has 1 N–H and O–H groups in total. The summed E-state index contributed by atoms with van der Waals surface area (Å²) in [4.78, 5) is 1.98. The van der Waals surface area contributed by atoms with Gasteiger partial charge in [0.25, 0.3) is 10.0 Å². The van der Waals surface area contributed by atoms with Gasteiger partial charge >= 0.3 is 0 Å². The predicted octanol–water partition coefficient (Wildman–Crippen LogP) is 4.61. The first-order chi connectivity index (χ1) is 10.3. The maximum atomic E-state index is 12.1. The highest BCUT2D eigenvalue weighted by Gasteiger charge is 2.14. The zero-order valence-corrected chi connectivity index (χ0v) is 14.6. The highest BCUT2D eigenvalue weighted by Crippen LogP contribution is 2.25. The molecule has 0 fully saturated rings. The maximum absolute atomic E-state index is 12.1. The largest absolute Gasteiger partial charge is 0.276 e. The fourth-order valence-corrected chi connectivity index (χ4v) is 3.17. The molecular weight excluding hydrogens is 390 g/mol. The minimum Gasteiger partial charge on any atom is -0.200 e. The summed E-state index contributed by atoms with van der Waals surface area (Å²) < 4.78 is 24.1. The Kier molecular flexibility index (Phi) is 5.58. The van der Waals surface area contributed by atoms with Gasteiger partial charge in [-0.2, -0.15) is 13.5 Å². The Balaban J connectivity index is 2.23. The zero-order valence-electron chi connectivity index (χ0n) is 10.7. The van der Waals surface area contributed by atoms with Crippen LogP contribution in [0.25, 0.3) is 0 Å². The van der Waals surface area contributed by atoms with Crippen LogP contribution in [-0.4, -0.2) is 14.6 Å². The van der Waals surface area contributed by atoms with E-state index in [1.807, 2.05) is 4.83 Å². The number of rotatable bonds is 4. The monoisotopic (exact) mass is 396 g/mol. The SMILES string of the molecule is O=S(=O)(NN=Cc1c(Cl)cccc1Cl)c1ccc(Cl)c(Cl)c1. The molecule has 2 rings (SSSR count). The molecule has 116 valence electrons. The Morgan fingerprint density at radius 2 is 1.55 bits per heavy atom. The molecule has 0 unspecified atom stereocenters. The summed E-state index contributed by atoms with van der Waals surface area (Å²) in [6.07, 6.45) is 1.22. The van der Waals surface area contributed by atoms with Crippen LogP contribution in [0.5, 0.6) is 0 Å². The smallest absolute Gasteiger partial charge is 0.200 e. The third kappa shape index (κ3) is 4.06. The van der Waals surface area contributed by atoms with Crippen molar-refractivity contribution in [3.63, 3.8) is 0 Å². The fourth-order valence-electron chi connectivity index (χ4n) is 1.49. The average Bonchev–Trinajstić information content (AvgIpc) is 2.45. The number of hydrogen-bond donors (Lipinski definition) is 1. The highest BCUT2D eigenvalue weighted by molar-refractivity contribution is 7.89. The van der Waals surface area contributed by atoms with Crippen LogP contribution in [0.2, 0.25) is 20.1 Å². The topological polar surface area (TPSA) is 58.5 Å². The van der Waals surface area contributed by atoms with Gasteiger partial charge in [-0.25, -0.2) is 4.83 Å². The molecule has 0 saturated heterocycles. The Labute approximate surface area is 147 Å². The number of sulfonamides is 1. The van der Waals surface area contributed by atoms with E-state index in [0.29, 0.717) is 15.6 Å². The molecule has 0 radical (unpaired) electrons. The van der Waals surface area contributed by atoms with E-state index in [0.717, 1.165) is 0 Å². The van der Waals surface area contributed by atoms with E-state index in [-0.39, 0.29) is 14.9 Å². The Morgan fingerprint density at radius 3 is 2.14 bits per heavy atom. The summed E-state index contributed by atoms with van der Waals surface area (Å²) >= 11 is 23.4. The van der Waals surface area contributed by atoms with Crippen molar-refractivity contribution in [3.8, 4) is 0 Å². The molecule has 0 bridgehead atoms. The van der Waals surface area contributed by atoms with Crippen molar-refractivity contribution in [1.82, 2.24) is 4.83 Å². The van der Waals surface area contributed by atoms with E-state index in [2.05, 4.69) is 5.10 Å². The molecule has 0 spiro atoms. The first-order valence-corrected chi connectivity index (χ1v) is 8.75. The lowest BCUT2D eigenvalue weighted by Crippen LogP contribution is -2.18. The maximum Gasteiger partial charge on any atom is 0.276 e. The van der Waals surface area contributed by atoms with Crippen molar-refractivity contribution in [2.24, 2.45) is 5.10 Å². The number of hydrogen-bond acceptors (Lipinski definition) is 3. The average molecular weight is 398 g/mol. The van der Waals surface area contributed by atoms with Crippen molar-refractivity contribution < 1.29 is 8.42 Å². The normalized spacial score (nSPS) is 11.8.